The van der Waals surface area contributed by atoms with Gasteiger partial charge in [-0.15, -0.1) is 12.6 Å². The van der Waals surface area contributed by atoms with Gasteiger partial charge in [-0.05, 0) is 23.3 Å². The second kappa shape index (κ2) is 4.37. The molecule has 0 aliphatic heterocycles. The average Bonchev–Trinajstić information content (AvgIpc) is 2.30. The van der Waals surface area contributed by atoms with E-state index in [1.54, 1.807) is 12.1 Å². The van der Waals surface area contributed by atoms with Gasteiger partial charge in [0.15, 0.2) is 0 Å². The number of non-ortho nitro benzene ring substituents is 1. The number of hydrogen-bond acceptors (Lipinski definition) is 3. The molecule has 3 nitrogen and oxygen atoms in total. The van der Waals surface area contributed by atoms with Gasteiger partial charge in [0.2, 0.25) is 0 Å². The molecule has 0 saturated heterocycles. The molecule has 0 aliphatic carbocycles. The summed E-state index contributed by atoms with van der Waals surface area (Å²) in [5.74, 6) is 0. The molecule has 0 N–H and O–H groups in total. The van der Waals surface area contributed by atoms with Gasteiger partial charge in [0.05, 0.1) is 4.92 Å². The van der Waals surface area contributed by atoms with Crippen LogP contribution in [0.15, 0.2) is 53.4 Å². The summed E-state index contributed by atoms with van der Waals surface area (Å²) in [6, 6.07) is 14.1. The highest BCUT2D eigenvalue weighted by molar-refractivity contribution is 7.80. The van der Waals surface area contributed by atoms with Crippen LogP contribution in [0.1, 0.15) is 0 Å². The molecule has 0 radical (unpaired) electrons. The summed E-state index contributed by atoms with van der Waals surface area (Å²) in [5.41, 5.74) is 1.89. The standard InChI is InChI=1S/C12H9NO2S/c14-13(15)11-3-1-2-10(8-11)9-4-6-12(16)7-5-9/h1-8,16H. The Balaban J connectivity index is 2.44. The topological polar surface area (TPSA) is 43.1 Å². The molecule has 0 aromatic heterocycles. The minimum absolute atomic E-state index is 0.104. The van der Waals surface area contributed by atoms with Crippen LogP contribution in [0.25, 0.3) is 11.1 Å². The van der Waals surface area contributed by atoms with Crippen molar-refractivity contribution in [1.29, 1.82) is 0 Å². The Hall–Kier alpha value is -1.81. The van der Waals surface area contributed by atoms with E-state index in [1.165, 1.54) is 6.07 Å². The Bertz CT molecular complexity index is 523. The fourth-order valence-electron chi connectivity index (χ4n) is 1.45. The highest BCUT2D eigenvalue weighted by atomic mass is 32.1. The van der Waals surface area contributed by atoms with Crippen molar-refractivity contribution < 1.29 is 4.92 Å². The zero-order chi connectivity index (χ0) is 11.5. The van der Waals surface area contributed by atoms with E-state index >= 15 is 0 Å². The number of hydrogen-bond donors (Lipinski definition) is 1. The predicted molar refractivity (Wildman–Crippen MR) is 65.8 cm³/mol. The van der Waals surface area contributed by atoms with E-state index in [9.17, 15) is 10.1 Å². The van der Waals surface area contributed by atoms with Crippen LogP contribution in [0, 0.1) is 10.1 Å². The summed E-state index contributed by atoms with van der Waals surface area (Å²) in [4.78, 5) is 11.1. The molecule has 16 heavy (non-hydrogen) atoms. The van der Waals surface area contributed by atoms with Crippen LogP contribution in [-0.2, 0) is 0 Å². The Labute approximate surface area is 98.3 Å². The molecule has 4 heteroatoms. The third kappa shape index (κ3) is 2.23. The van der Waals surface area contributed by atoms with Crippen LogP contribution in [0.5, 0.6) is 0 Å². The van der Waals surface area contributed by atoms with Gasteiger partial charge in [0, 0.05) is 17.0 Å². The molecule has 0 fully saturated rings. The summed E-state index contributed by atoms with van der Waals surface area (Å²) in [5, 5.41) is 10.6. The zero-order valence-electron chi connectivity index (χ0n) is 8.33. The first-order valence-electron chi connectivity index (χ1n) is 4.71. The lowest BCUT2D eigenvalue weighted by atomic mass is 10.1. The van der Waals surface area contributed by atoms with E-state index in [4.69, 9.17) is 0 Å². The van der Waals surface area contributed by atoms with Gasteiger partial charge in [0.1, 0.15) is 0 Å². The summed E-state index contributed by atoms with van der Waals surface area (Å²) in [6.07, 6.45) is 0. The normalized spacial score (nSPS) is 10.1. The fourth-order valence-corrected chi connectivity index (χ4v) is 1.60. The molecule has 2 aromatic rings. The molecule has 0 bridgehead atoms. The van der Waals surface area contributed by atoms with Crippen LogP contribution < -0.4 is 0 Å². The quantitative estimate of drug-likeness (QED) is 0.488. The van der Waals surface area contributed by atoms with Crippen molar-refractivity contribution in [2.45, 2.75) is 4.90 Å². The van der Waals surface area contributed by atoms with Gasteiger partial charge in [-0.1, -0.05) is 24.3 Å². The first-order chi connectivity index (χ1) is 7.66. The Morgan fingerprint density at radius 1 is 1.00 bits per heavy atom. The summed E-state index contributed by atoms with van der Waals surface area (Å²) < 4.78 is 0. The van der Waals surface area contributed by atoms with Crippen LogP contribution in [0.4, 0.5) is 5.69 Å². The van der Waals surface area contributed by atoms with Crippen LogP contribution in [-0.4, -0.2) is 4.92 Å². The van der Waals surface area contributed by atoms with Crippen molar-refractivity contribution >= 4 is 18.3 Å². The molecular formula is C12H9NO2S. The van der Waals surface area contributed by atoms with Gasteiger partial charge in [-0.25, -0.2) is 0 Å². The van der Waals surface area contributed by atoms with E-state index in [0.717, 1.165) is 16.0 Å². The molecule has 0 heterocycles. The second-order valence-corrected chi connectivity index (χ2v) is 3.87. The second-order valence-electron chi connectivity index (χ2n) is 3.35. The minimum atomic E-state index is -0.392. The van der Waals surface area contributed by atoms with Gasteiger partial charge in [-0.3, -0.25) is 10.1 Å². The van der Waals surface area contributed by atoms with Crippen LogP contribution in [0.3, 0.4) is 0 Å². The van der Waals surface area contributed by atoms with Crippen molar-refractivity contribution in [1.82, 2.24) is 0 Å². The molecule has 2 aromatic carbocycles. The van der Waals surface area contributed by atoms with E-state index in [0.29, 0.717) is 0 Å². The van der Waals surface area contributed by atoms with E-state index in [1.807, 2.05) is 30.3 Å². The molecule has 0 amide bonds. The molecule has 2 rings (SSSR count). The zero-order valence-corrected chi connectivity index (χ0v) is 9.22. The van der Waals surface area contributed by atoms with Crippen molar-refractivity contribution in [3.05, 3.63) is 58.6 Å². The first-order valence-corrected chi connectivity index (χ1v) is 5.15. The van der Waals surface area contributed by atoms with Crippen molar-refractivity contribution in [2.24, 2.45) is 0 Å². The average molecular weight is 231 g/mol. The summed E-state index contributed by atoms with van der Waals surface area (Å²) in [6.45, 7) is 0. The van der Waals surface area contributed by atoms with Gasteiger partial charge in [-0.2, -0.15) is 0 Å². The minimum Gasteiger partial charge on any atom is -0.258 e. The van der Waals surface area contributed by atoms with Crippen molar-refractivity contribution in [2.75, 3.05) is 0 Å². The molecular weight excluding hydrogens is 222 g/mol. The fraction of sp³-hybridized carbons (Fsp3) is 0. The van der Waals surface area contributed by atoms with Gasteiger partial charge < -0.3 is 0 Å². The van der Waals surface area contributed by atoms with Crippen molar-refractivity contribution in [3.8, 4) is 11.1 Å². The van der Waals surface area contributed by atoms with E-state index < -0.39 is 4.92 Å². The van der Waals surface area contributed by atoms with E-state index in [2.05, 4.69) is 12.6 Å². The third-order valence-electron chi connectivity index (χ3n) is 2.26. The summed E-state index contributed by atoms with van der Waals surface area (Å²) in [7, 11) is 0. The lowest BCUT2D eigenvalue weighted by molar-refractivity contribution is -0.384. The lowest BCUT2D eigenvalue weighted by Crippen LogP contribution is -1.87. The maximum Gasteiger partial charge on any atom is 0.270 e. The Morgan fingerprint density at radius 2 is 1.69 bits per heavy atom. The molecule has 0 spiro atoms. The largest absolute Gasteiger partial charge is 0.270 e. The lowest BCUT2D eigenvalue weighted by Gasteiger charge is -2.01. The molecule has 0 unspecified atom stereocenters. The van der Waals surface area contributed by atoms with Crippen LogP contribution in [0.2, 0.25) is 0 Å². The summed E-state index contributed by atoms with van der Waals surface area (Å²) >= 11 is 4.19. The van der Waals surface area contributed by atoms with Gasteiger partial charge >= 0.3 is 0 Å². The van der Waals surface area contributed by atoms with Crippen LogP contribution >= 0.6 is 12.6 Å². The Morgan fingerprint density at radius 3 is 2.31 bits per heavy atom. The maximum absolute atomic E-state index is 10.6. The molecule has 0 atom stereocenters. The first kappa shape index (κ1) is 10.7. The number of nitro benzene ring substituents is 1. The number of thiol groups is 1. The monoisotopic (exact) mass is 231 g/mol. The maximum atomic E-state index is 10.6. The smallest absolute Gasteiger partial charge is 0.258 e. The SMILES string of the molecule is O=[N+]([O-])c1cccc(-c2ccc(S)cc2)c1. The highest BCUT2D eigenvalue weighted by Crippen LogP contribution is 2.24. The number of rotatable bonds is 2. The third-order valence-corrected chi connectivity index (χ3v) is 2.56. The highest BCUT2D eigenvalue weighted by Gasteiger charge is 2.06. The number of nitro groups is 1. The molecule has 0 saturated carbocycles. The molecule has 80 valence electrons. The predicted octanol–water partition coefficient (Wildman–Crippen LogP) is 3.55. The van der Waals surface area contributed by atoms with Crippen molar-refractivity contribution in [3.63, 3.8) is 0 Å². The number of benzene rings is 2. The van der Waals surface area contributed by atoms with E-state index in [-0.39, 0.29) is 5.69 Å². The number of nitrogens with zero attached hydrogens (tertiary/aromatic N) is 1. The Kier molecular flexibility index (Phi) is 2.92. The molecule has 0 aliphatic rings. The van der Waals surface area contributed by atoms with Gasteiger partial charge in [0.25, 0.3) is 5.69 Å².